The molecule has 0 amide bonds. The first kappa shape index (κ1) is 16.7. The van der Waals surface area contributed by atoms with E-state index >= 15 is 0 Å². The number of fused-ring (bicyclic) bond motifs is 1. The van der Waals surface area contributed by atoms with Gasteiger partial charge in [0.15, 0.2) is 0 Å². The Morgan fingerprint density at radius 2 is 1.67 bits per heavy atom. The molecule has 3 heteroatoms. The normalized spacial score (nSPS) is 12.2. The van der Waals surface area contributed by atoms with Crippen LogP contribution in [0, 0.1) is 0 Å². The number of nitrogens with zero attached hydrogens (tertiary/aromatic N) is 1. The van der Waals surface area contributed by atoms with Gasteiger partial charge in [-0.25, -0.2) is 0 Å². The molecule has 0 spiro atoms. The molecule has 0 unspecified atom stereocenters. The molecule has 0 aliphatic carbocycles. The summed E-state index contributed by atoms with van der Waals surface area (Å²) in [4.78, 5) is 4.55. The summed E-state index contributed by atoms with van der Waals surface area (Å²) in [5.74, 6) is 0.287. The lowest BCUT2D eigenvalue weighted by Gasteiger charge is -2.21. The lowest BCUT2D eigenvalue weighted by atomic mass is 9.85. The zero-order valence-corrected chi connectivity index (χ0v) is 15.6. The van der Waals surface area contributed by atoms with Crippen LogP contribution in [0.25, 0.3) is 10.8 Å². The lowest BCUT2D eigenvalue weighted by molar-refractivity contribution is 0.445. The third-order valence-electron chi connectivity index (χ3n) is 4.00. The van der Waals surface area contributed by atoms with Crippen molar-refractivity contribution < 1.29 is 5.11 Å². The van der Waals surface area contributed by atoms with Crippen LogP contribution in [0.5, 0.6) is 5.75 Å². The molecule has 0 saturated heterocycles. The Morgan fingerprint density at radius 3 is 2.38 bits per heavy atom. The fourth-order valence-corrected chi connectivity index (χ4v) is 3.17. The highest BCUT2D eigenvalue weighted by molar-refractivity contribution is 9.10. The number of hydrogen-bond donors (Lipinski definition) is 1. The second kappa shape index (κ2) is 6.40. The molecule has 0 radical (unpaired) electrons. The number of phenolic OH excluding ortho intramolecular Hbond substituents is 1. The second-order valence-electron chi connectivity index (χ2n) is 6.93. The van der Waals surface area contributed by atoms with E-state index in [0.29, 0.717) is 5.56 Å². The minimum atomic E-state index is -0.139. The predicted molar refractivity (Wildman–Crippen MR) is 106 cm³/mol. The smallest absolute Gasteiger partial charge is 0.128 e. The summed E-state index contributed by atoms with van der Waals surface area (Å²) in [6.07, 6.45) is 1.72. The number of hydrogen-bond acceptors (Lipinski definition) is 2. The first-order valence-electron chi connectivity index (χ1n) is 7.90. The van der Waals surface area contributed by atoms with Gasteiger partial charge in [-0.3, -0.25) is 4.99 Å². The zero-order valence-electron chi connectivity index (χ0n) is 14.0. The number of halogens is 1. The molecule has 0 aliphatic rings. The Labute approximate surface area is 151 Å². The summed E-state index contributed by atoms with van der Waals surface area (Å²) in [6.45, 7) is 6.25. The second-order valence-corrected chi connectivity index (χ2v) is 7.85. The summed E-state index contributed by atoms with van der Waals surface area (Å²) in [6, 6.07) is 18.1. The number of aromatic hydroxyl groups is 1. The molecule has 1 N–H and O–H groups in total. The van der Waals surface area contributed by atoms with Gasteiger partial charge in [0.05, 0.1) is 5.69 Å². The average Bonchev–Trinajstić information content (AvgIpc) is 2.54. The highest BCUT2D eigenvalue weighted by Crippen LogP contribution is 2.35. The van der Waals surface area contributed by atoms with E-state index in [1.807, 2.05) is 36.4 Å². The molecule has 0 fully saturated rings. The maximum Gasteiger partial charge on any atom is 0.128 e. The van der Waals surface area contributed by atoms with Gasteiger partial charge >= 0.3 is 0 Å². The van der Waals surface area contributed by atoms with Gasteiger partial charge in [0.1, 0.15) is 5.75 Å². The fourth-order valence-electron chi connectivity index (χ4n) is 2.69. The molecule has 3 rings (SSSR count). The SMILES string of the molecule is CC(C)(C)c1cc(Br)cc(C=Nc2ccc3ccccc3c2)c1O. The van der Waals surface area contributed by atoms with E-state index in [2.05, 4.69) is 59.9 Å². The van der Waals surface area contributed by atoms with Crippen molar-refractivity contribution >= 4 is 38.6 Å². The van der Waals surface area contributed by atoms with Crippen molar-refractivity contribution in [2.45, 2.75) is 26.2 Å². The van der Waals surface area contributed by atoms with Crippen LogP contribution in [0.2, 0.25) is 0 Å². The van der Waals surface area contributed by atoms with Crippen molar-refractivity contribution in [1.82, 2.24) is 0 Å². The van der Waals surface area contributed by atoms with Gasteiger partial charge < -0.3 is 5.11 Å². The van der Waals surface area contributed by atoms with Crippen LogP contribution in [0.1, 0.15) is 31.9 Å². The maximum atomic E-state index is 10.6. The molecular formula is C21H20BrNO. The van der Waals surface area contributed by atoms with Gasteiger partial charge in [0.25, 0.3) is 0 Å². The Hall–Kier alpha value is -2.13. The molecule has 24 heavy (non-hydrogen) atoms. The lowest BCUT2D eigenvalue weighted by Crippen LogP contribution is -2.12. The molecule has 0 atom stereocenters. The van der Waals surface area contributed by atoms with Gasteiger partial charge in [-0.15, -0.1) is 0 Å². The average molecular weight is 382 g/mol. The molecule has 0 heterocycles. The van der Waals surface area contributed by atoms with Crippen molar-refractivity contribution in [2.75, 3.05) is 0 Å². The summed E-state index contributed by atoms with van der Waals surface area (Å²) in [5.41, 5.74) is 2.34. The topological polar surface area (TPSA) is 32.6 Å². The Balaban J connectivity index is 2.00. The Bertz CT molecular complexity index is 923. The van der Waals surface area contributed by atoms with E-state index in [4.69, 9.17) is 0 Å². The van der Waals surface area contributed by atoms with Crippen LogP contribution in [0.15, 0.2) is 64.1 Å². The van der Waals surface area contributed by atoms with Crippen molar-refractivity contribution in [1.29, 1.82) is 0 Å². The van der Waals surface area contributed by atoms with E-state index in [9.17, 15) is 5.11 Å². The number of rotatable bonds is 2. The van der Waals surface area contributed by atoms with Gasteiger partial charge in [0, 0.05) is 21.8 Å². The molecule has 122 valence electrons. The van der Waals surface area contributed by atoms with E-state index < -0.39 is 0 Å². The molecule has 3 aromatic carbocycles. The minimum absolute atomic E-state index is 0.139. The molecule has 0 aromatic heterocycles. The predicted octanol–water partition coefficient (Wildman–Crippen LogP) is 6.36. The third kappa shape index (κ3) is 3.51. The highest BCUT2D eigenvalue weighted by atomic mass is 79.9. The van der Waals surface area contributed by atoms with Crippen LogP contribution in [-0.2, 0) is 5.41 Å². The van der Waals surface area contributed by atoms with E-state index in [0.717, 1.165) is 21.1 Å². The van der Waals surface area contributed by atoms with Crippen molar-refractivity contribution in [2.24, 2.45) is 4.99 Å². The number of benzene rings is 3. The van der Waals surface area contributed by atoms with Crippen molar-refractivity contribution in [3.63, 3.8) is 0 Å². The molecular weight excluding hydrogens is 362 g/mol. The van der Waals surface area contributed by atoms with Crippen LogP contribution >= 0.6 is 15.9 Å². The third-order valence-corrected chi connectivity index (χ3v) is 4.46. The standard InChI is InChI=1S/C21H20BrNO/c1-21(2,3)19-12-17(22)10-16(20(19)24)13-23-18-9-8-14-6-4-5-7-15(14)11-18/h4-13,24H,1-3H3. The molecule has 2 nitrogen and oxygen atoms in total. The van der Waals surface area contributed by atoms with E-state index in [1.165, 1.54) is 5.39 Å². The van der Waals surface area contributed by atoms with Crippen LogP contribution in [-0.4, -0.2) is 11.3 Å². The summed E-state index contributed by atoms with van der Waals surface area (Å²) in [7, 11) is 0. The molecule has 3 aromatic rings. The molecule has 0 saturated carbocycles. The summed E-state index contributed by atoms with van der Waals surface area (Å²) >= 11 is 3.53. The van der Waals surface area contributed by atoms with Crippen LogP contribution in [0.4, 0.5) is 5.69 Å². The van der Waals surface area contributed by atoms with Crippen molar-refractivity contribution in [3.05, 3.63) is 70.2 Å². The van der Waals surface area contributed by atoms with Gasteiger partial charge in [-0.05, 0) is 40.5 Å². The Morgan fingerprint density at radius 1 is 0.958 bits per heavy atom. The highest BCUT2D eigenvalue weighted by Gasteiger charge is 2.20. The fraction of sp³-hybridized carbons (Fsp3) is 0.190. The minimum Gasteiger partial charge on any atom is -0.507 e. The van der Waals surface area contributed by atoms with Crippen molar-refractivity contribution in [3.8, 4) is 5.75 Å². The zero-order chi connectivity index (χ0) is 17.3. The molecule has 0 aliphatic heterocycles. The first-order valence-corrected chi connectivity index (χ1v) is 8.70. The quantitative estimate of drug-likeness (QED) is 0.514. The maximum absolute atomic E-state index is 10.6. The van der Waals surface area contributed by atoms with Gasteiger partial charge in [-0.1, -0.05) is 67.0 Å². The van der Waals surface area contributed by atoms with E-state index in [-0.39, 0.29) is 11.2 Å². The first-order chi connectivity index (χ1) is 11.3. The number of aliphatic imine (C=N–C) groups is 1. The van der Waals surface area contributed by atoms with Crippen LogP contribution in [0.3, 0.4) is 0 Å². The van der Waals surface area contributed by atoms with Crippen LogP contribution < -0.4 is 0 Å². The van der Waals surface area contributed by atoms with E-state index in [1.54, 1.807) is 6.21 Å². The monoisotopic (exact) mass is 381 g/mol. The summed E-state index contributed by atoms with van der Waals surface area (Å²) in [5, 5.41) is 12.9. The van der Waals surface area contributed by atoms with Gasteiger partial charge in [-0.2, -0.15) is 0 Å². The number of phenols is 1. The largest absolute Gasteiger partial charge is 0.507 e. The molecule has 0 bridgehead atoms. The van der Waals surface area contributed by atoms with Gasteiger partial charge in [0.2, 0.25) is 0 Å². The Kier molecular flexibility index (Phi) is 4.46. The summed E-state index contributed by atoms with van der Waals surface area (Å²) < 4.78 is 0.935.